The van der Waals surface area contributed by atoms with Gasteiger partial charge in [0.2, 0.25) is 17.6 Å². The fraction of sp³-hybridized carbons (Fsp3) is 0.348. The Bertz CT molecular complexity index is 1070. The van der Waals surface area contributed by atoms with Crippen LogP contribution < -0.4 is 4.90 Å². The second-order valence-electron chi connectivity index (χ2n) is 7.93. The van der Waals surface area contributed by atoms with Crippen molar-refractivity contribution in [1.29, 1.82) is 0 Å². The molecule has 3 heterocycles. The van der Waals surface area contributed by atoms with Gasteiger partial charge >= 0.3 is 0 Å². The minimum absolute atomic E-state index is 0.00383. The molecule has 3 aromatic rings. The summed E-state index contributed by atoms with van der Waals surface area (Å²) in [5.41, 5.74) is 3.09. The summed E-state index contributed by atoms with van der Waals surface area (Å²) >= 11 is 6.24. The Labute approximate surface area is 180 Å². The molecule has 2 aliphatic rings. The molecule has 1 aromatic heterocycles. The number of rotatable bonds is 4. The molecule has 0 saturated carbocycles. The lowest BCUT2D eigenvalue weighted by Crippen LogP contribution is -2.44. The zero-order chi connectivity index (χ0) is 20.5. The highest BCUT2D eigenvalue weighted by molar-refractivity contribution is 6.33. The van der Waals surface area contributed by atoms with Crippen molar-refractivity contribution >= 4 is 23.2 Å². The molecule has 5 rings (SSSR count). The first kappa shape index (κ1) is 19.3. The molecule has 2 aromatic carbocycles. The number of carbonyl (C=O) groups excluding carboxylic acids is 1. The number of likely N-dealkylation sites (tertiary alicyclic amines) is 1. The molecule has 154 valence electrons. The van der Waals surface area contributed by atoms with Crippen LogP contribution in [0, 0.1) is 5.92 Å². The fourth-order valence-electron chi connectivity index (χ4n) is 4.45. The Morgan fingerprint density at radius 1 is 1.13 bits per heavy atom. The zero-order valence-corrected chi connectivity index (χ0v) is 17.4. The van der Waals surface area contributed by atoms with Crippen LogP contribution in [-0.2, 0) is 17.8 Å². The van der Waals surface area contributed by atoms with Crippen LogP contribution >= 0.6 is 11.6 Å². The summed E-state index contributed by atoms with van der Waals surface area (Å²) in [6.45, 7) is 2.95. The van der Waals surface area contributed by atoms with Gasteiger partial charge in [-0.15, -0.1) is 0 Å². The number of para-hydroxylation sites is 1. The second kappa shape index (κ2) is 8.20. The molecule has 1 amide bonds. The quantitative estimate of drug-likeness (QED) is 0.630. The Balaban J connectivity index is 1.26. The normalized spacial score (nSPS) is 19.1. The SMILES string of the molecule is O=C(C1CCCN(Cc2nc(-c3ccccc3Cl)no2)C1)N1CCc2ccccc21. The largest absolute Gasteiger partial charge is 0.338 e. The van der Waals surface area contributed by atoms with Crippen LogP contribution in [0.1, 0.15) is 24.3 Å². The second-order valence-corrected chi connectivity index (χ2v) is 8.34. The maximum atomic E-state index is 13.2. The van der Waals surface area contributed by atoms with Gasteiger partial charge in [-0.3, -0.25) is 9.69 Å². The van der Waals surface area contributed by atoms with Crippen LogP contribution in [0.2, 0.25) is 5.02 Å². The Kier molecular flexibility index (Phi) is 5.27. The summed E-state index contributed by atoms with van der Waals surface area (Å²) in [7, 11) is 0. The highest BCUT2D eigenvalue weighted by atomic mass is 35.5. The minimum atomic E-state index is -0.00383. The summed E-state index contributed by atoms with van der Waals surface area (Å²) in [5, 5.41) is 4.68. The van der Waals surface area contributed by atoms with Crippen molar-refractivity contribution in [3.8, 4) is 11.4 Å². The van der Waals surface area contributed by atoms with Crippen LogP contribution in [0.5, 0.6) is 0 Å². The van der Waals surface area contributed by atoms with Crippen LogP contribution in [0.25, 0.3) is 11.4 Å². The van der Waals surface area contributed by atoms with Gasteiger partial charge < -0.3 is 9.42 Å². The topological polar surface area (TPSA) is 62.5 Å². The highest BCUT2D eigenvalue weighted by Crippen LogP contribution is 2.31. The van der Waals surface area contributed by atoms with E-state index in [2.05, 4.69) is 27.2 Å². The third kappa shape index (κ3) is 3.73. The van der Waals surface area contributed by atoms with E-state index < -0.39 is 0 Å². The molecule has 1 saturated heterocycles. The molecule has 0 radical (unpaired) electrons. The van der Waals surface area contributed by atoms with Crippen molar-refractivity contribution in [1.82, 2.24) is 15.0 Å². The van der Waals surface area contributed by atoms with Gasteiger partial charge in [-0.25, -0.2) is 0 Å². The molecule has 7 heteroatoms. The van der Waals surface area contributed by atoms with E-state index in [0.29, 0.717) is 29.8 Å². The first-order valence-electron chi connectivity index (χ1n) is 10.4. The fourth-order valence-corrected chi connectivity index (χ4v) is 4.67. The average Bonchev–Trinajstić information content (AvgIpc) is 3.41. The van der Waals surface area contributed by atoms with Gasteiger partial charge in [0, 0.05) is 24.3 Å². The zero-order valence-electron chi connectivity index (χ0n) is 16.6. The van der Waals surface area contributed by atoms with E-state index >= 15 is 0 Å². The molecule has 0 bridgehead atoms. The molecule has 1 atom stereocenters. The lowest BCUT2D eigenvalue weighted by Gasteiger charge is -2.33. The molecule has 0 spiro atoms. The third-order valence-corrected chi connectivity index (χ3v) is 6.28. The van der Waals surface area contributed by atoms with Crippen LogP contribution in [0.4, 0.5) is 5.69 Å². The standard InChI is InChI=1S/C23H23ClN4O2/c24-19-9-3-2-8-18(19)22-25-21(30-26-22)15-27-12-5-7-17(14-27)23(29)28-13-11-16-6-1-4-10-20(16)28/h1-4,6,8-10,17H,5,7,11-15H2. The Hall–Kier alpha value is -2.70. The van der Waals surface area contributed by atoms with Crippen molar-refractivity contribution in [3.05, 3.63) is 65.0 Å². The van der Waals surface area contributed by atoms with Gasteiger partial charge in [0.15, 0.2) is 0 Å². The van der Waals surface area contributed by atoms with Crippen LogP contribution in [-0.4, -0.2) is 40.6 Å². The molecule has 1 unspecified atom stereocenters. The van der Waals surface area contributed by atoms with E-state index in [-0.39, 0.29) is 11.8 Å². The van der Waals surface area contributed by atoms with Crippen molar-refractivity contribution in [3.63, 3.8) is 0 Å². The Morgan fingerprint density at radius 3 is 2.87 bits per heavy atom. The van der Waals surface area contributed by atoms with Crippen LogP contribution in [0.3, 0.4) is 0 Å². The lowest BCUT2D eigenvalue weighted by molar-refractivity contribution is -0.124. The maximum absolute atomic E-state index is 13.2. The summed E-state index contributed by atoms with van der Waals surface area (Å²) < 4.78 is 5.46. The molecular formula is C23H23ClN4O2. The molecule has 0 aliphatic carbocycles. The number of fused-ring (bicyclic) bond motifs is 1. The summed E-state index contributed by atoms with van der Waals surface area (Å²) in [5.74, 6) is 1.27. The number of piperidine rings is 1. The van der Waals surface area contributed by atoms with Crippen molar-refractivity contribution in [2.45, 2.75) is 25.8 Å². The highest BCUT2D eigenvalue weighted by Gasteiger charge is 2.33. The van der Waals surface area contributed by atoms with Crippen molar-refractivity contribution in [2.75, 3.05) is 24.5 Å². The molecule has 1 fully saturated rings. The number of hydrogen-bond donors (Lipinski definition) is 0. The number of anilines is 1. The number of halogens is 1. The predicted octanol–water partition coefficient (Wildman–Crippen LogP) is 4.19. The minimum Gasteiger partial charge on any atom is -0.338 e. The number of nitrogens with zero attached hydrogens (tertiary/aromatic N) is 4. The Morgan fingerprint density at radius 2 is 1.97 bits per heavy atom. The predicted molar refractivity (Wildman–Crippen MR) is 115 cm³/mol. The maximum Gasteiger partial charge on any atom is 0.241 e. The number of aromatic nitrogens is 2. The first-order valence-corrected chi connectivity index (χ1v) is 10.8. The number of amides is 1. The number of carbonyl (C=O) groups is 1. The van der Waals surface area contributed by atoms with E-state index in [0.717, 1.165) is 43.6 Å². The van der Waals surface area contributed by atoms with Crippen molar-refractivity contribution < 1.29 is 9.32 Å². The molecule has 30 heavy (non-hydrogen) atoms. The summed E-state index contributed by atoms with van der Waals surface area (Å²) in [4.78, 5) is 21.9. The molecule has 6 nitrogen and oxygen atoms in total. The first-order chi connectivity index (χ1) is 14.7. The smallest absolute Gasteiger partial charge is 0.241 e. The van der Waals surface area contributed by atoms with E-state index in [1.807, 2.05) is 41.3 Å². The lowest BCUT2D eigenvalue weighted by atomic mass is 9.96. The van der Waals surface area contributed by atoms with E-state index in [1.165, 1.54) is 5.56 Å². The summed E-state index contributed by atoms with van der Waals surface area (Å²) in [6.07, 6.45) is 2.84. The molecular weight excluding hydrogens is 400 g/mol. The van der Waals surface area contributed by atoms with Crippen LogP contribution in [0.15, 0.2) is 53.1 Å². The monoisotopic (exact) mass is 422 g/mol. The average molecular weight is 423 g/mol. The van der Waals surface area contributed by atoms with E-state index in [4.69, 9.17) is 16.1 Å². The molecule has 2 aliphatic heterocycles. The van der Waals surface area contributed by atoms with Crippen molar-refractivity contribution in [2.24, 2.45) is 5.92 Å². The third-order valence-electron chi connectivity index (χ3n) is 5.95. The molecule has 0 N–H and O–H groups in total. The van der Waals surface area contributed by atoms with Gasteiger partial charge in [-0.1, -0.05) is 47.1 Å². The number of benzene rings is 2. The van der Waals surface area contributed by atoms with E-state index in [9.17, 15) is 4.79 Å². The van der Waals surface area contributed by atoms with Gasteiger partial charge in [-0.2, -0.15) is 4.98 Å². The van der Waals surface area contributed by atoms with Gasteiger partial charge in [-0.05, 0) is 49.6 Å². The van der Waals surface area contributed by atoms with Gasteiger partial charge in [0.05, 0.1) is 17.5 Å². The number of hydrogen-bond acceptors (Lipinski definition) is 5. The summed E-state index contributed by atoms with van der Waals surface area (Å²) in [6, 6.07) is 15.7. The van der Waals surface area contributed by atoms with E-state index in [1.54, 1.807) is 0 Å². The van der Waals surface area contributed by atoms with Gasteiger partial charge in [0.1, 0.15) is 0 Å². The van der Waals surface area contributed by atoms with Gasteiger partial charge in [0.25, 0.3) is 0 Å².